The van der Waals surface area contributed by atoms with Crippen molar-refractivity contribution in [3.63, 3.8) is 0 Å². The Morgan fingerprint density at radius 3 is 2.45 bits per heavy atom. The monoisotopic (exact) mass is 274 g/mol. The molecule has 2 aromatic rings. The third-order valence-corrected chi connectivity index (χ3v) is 3.32. The van der Waals surface area contributed by atoms with Crippen LogP contribution in [0, 0.1) is 13.8 Å². The Labute approximate surface area is 120 Å². The quantitative estimate of drug-likeness (QED) is 0.911. The van der Waals surface area contributed by atoms with Gasteiger partial charge < -0.3 is 9.84 Å². The molecule has 1 atom stereocenters. The molecule has 0 fully saturated rings. The summed E-state index contributed by atoms with van der Waals surface area (Å²) in [5, 5.41) is 15.0. The molecule has 20 heavy (non-hydrogen) atoms. The fourth-order valence-electron chi connectivity index (χ4n) is 2.53. The molecule has 4 heteroatoms. The van der Waals surface area contributed by atoms with Crippen molar-refractivity contribution in [3.05, 3.63) is 46.8 Å². The van der Waals surface area contributed by atoms with E-state index in [2.05, 4.69) is 18.1 Å². The molecule has 0 amide bonds. The summed E-state index contributed by atoms with van der Waals surface area (Å²) in [7, 11) is 1.60. The number of aromatic nitrogens is 2. The number of aryl methyl sites for hydroxylation is 3. The summed E-state index contributed by atoms with van der Waals surface area (Å²) in [6.45, 7) is 6.91. The molecule has 0 bridgehead atoms. The van der Waals surface area contributed by atoms with Crippen molar-refractivity contribution in [2.75, 3.05) is 7.11 Å². The summed E-state index contributed by atoms with van der Waals surface area (Å²) in [6.07, 6.45) is 1.89. The minimum atomic E-state index is -0.724. The highest BCUT2D eigenvalue weighted by atomic mass is 16.5. The predicted molar refractivity (Wildman–Crippen MR) is 79.0 cm³/mol. The van der Waals surface area contributed by atoms with E-state index in [-0.39, 0.29) is 0 Å². The lowest BCUT2D eigenvalue weighted by Crippen LogP contribution is -2.11. The van der Waals surface area contributed by atoms with E-state index in [4.69, 9.17) is 4.74 Å². The van der Waals surface area contributed by atoms with Crippen LogP contribution >= 0.6 is 0 Å². The summed E-state index contributed by atoms with van der Waals surface area (Å²) >= 11 is 0. The lowest BCUT2D eigenvalue weighted by molar-refractivity contribution is 0.202. The topological polar surface area (TPSA) is 47.3 Å². The van der Waals surface area contributed by atoms with Gasteiger partial charge in [-0.25, -0.2) is 0 Å². The molecule has 0 saturated heterocycles. The van der Waals surface area contributed by atoms with Crippen LogP contribution in [0.3, 0.4) is 0 Å². The van der Waals surface area contributed by atoms with Gasteiger partial charge in [0.2, 0.25) is 0 Å². The predicted octanol–water partition coefficient (Wildman–Crippen LogP) is 3.00. The summed E-state index contributed by atoms with van der Waals surface area (Å²) in [6, 6.07) is 6.09. The van der Waals surface area contributed by atoms with Crippen molar-refractivity contribution in [1.29, 1.82) is 0 Å². The van der Waals surface area contributed by atoms with Crippen LogP contribution in [0.1, 0.15) is 41.8 Å². The van der Waals surface area contributed by atoms with Crippen molar-refractivity contribution in [2.45, 2.75) is 39.8 Å². The Kier molecular flexibility index (Phi) is 4.45. The minimum Gasteiger partial charge on any atom is -0.493 e. The molecule has 0 saturated carbocycles. The van der Waals surface area contributed by atoms with E-state index < -0.39 is 6.10 Å². The first-order valence-electron chi connectivity index (χ1n) is 6.92. The van der Waals surface area contributed by atoms with E-state index in [1.54, 1.807) is 13.3 Å². The second-order valence-electron chi connectivity index (χ2n) is 5.14. The number of aliphatic hydroxyl groups excluding tert-OH is 1. The number of rotatable bonds is 5. The van der Waals surface area contributed by atoms with Crippen LogP contribution in [0.5, 0.6) is 5.75 Å². The minimum absolute atomic E-state index is 0.630. The number of benzene rings is 1. The third-order valence-electron chi connectivity index (χ3n) is 3.32. The van der Waals surface area contributed by atoms with Crippen LogP contribution in [0.25, 0.3) is 0 Å². The van der Waals surface area contributed by atoms with Crippen molar-refractivity contribution >= 4 is 0 Å². The van der Waals surface area contributed by atoms with Crippen molar-refractivity contribution < 1.29 is 9.84 Å². The number of nitrogens with zero attached hydrogens (tertiary/aromatic N) is 2. The van der Waals surface area contributed by atoms with Crippen molar-refractivity contribution in [3.8, 4) is 5.75 Å². The van der Waals surface area contributed by atoms with Gasteiger partial charge in [-0.3, -0.25) is 4.68 Å². The Morgan fingerprint density at radius 1 is 1.25 bits per heavy atom. The number of aliphatic hydroxyl groups is 1. The van der Waals surface area contributed by atoms with Gasteiger partial charge in [-0.2, -0.15) is 5.10 Å². The highest BCUT2D eigenvalue weighted by Gasteiger charge is 2.21. The van der Waals surface area contributed by atoms with E-state index in [0.29, 0.717) is 5.75 Å². The van der Waals surface area contributed by atoms with Gasteiger partial charge in [-0.15, -0.1) is 0 Å². The Bertz CT molecular complexity index is 570. The Hall–Kier alpha value is -1.81. The smallest absolute Gasteiger partial charge is 0.163 e. The van der Waals surface area contributed by atoms with E-state index in [1.165, 1.54) is 0 Å². The Morgan fingerprint density at radius 2 is 1.90 bits per heavy atom. The molecule has 2 rings (SSSR count). The number of ether oxygens (including phenoxy) is 1. The van der Waals surface area contributed by atoms with Crippen LogP contribution in [0.4, 0.5) is 0 Å². The maximum absolute atomic E-state index is 10.7. The molecular weight excluding hydrogens is 252 g/mol. The zero-order valence-electron chi connectivity index (χ0n) is 12.6. The molecule has 1 unspecified atom stereocenters. The highest BCUT2D eigenvalue weighted by molar-refractivity contribution is 5.38. The molecule has 4 nitrogen and oxygen atoms in total. The SMILES string of the molecule is CCCn1ncc(OC)c1C(O)c1cc(C)cc(C)c1. The van der Waals surface area contributed by atoms with E-state index in [0.717, 1.165) is 35.3 Å². The van der Waals surface area contributed by atoms with E-state index in [9.17, 15) is 5.11 Å². The lowest BCUT2D eigenvalue weighted by atomic mass is 10.0. The van der Waals surface area contributed by atoms with Gasteiger partial charge in [0.25, 0.3) is 0 Å². The second-order valence-corrected chi connectivity index (χ2v) is 5.14. The number of hydrogen-bond donors (Lipinski definition) is 1. The fraction of sp³-hybridized carbons (Fsp3) is 0.438. The van der Waals surface area contributed by atoms with Crippen LogP contribution in [-0.2, 0) is 6.54 Å². The first-order valence-corrected chi connectivity index (χ1v) is 6.92. The molecule has 1 aromatic carbocycles. The summed E-state index contributed by atoms with van der Waals surface area (Å²) in [5.74, 6) is 0.630. The average Bonchev–Trinajstić information content (AvgIpc) is 2.80. The maximum Gasteiger partial charge on any atom is 0.163 e. The normalized spacial score (nSPS) is 12.4. The van der Waals surface area contributed by atoms with E-state index >= 15 is 0 Å². The molecule has 108 valence electrons. The standard InChI is InChI=1S/C16H22N2O2/c1-5-6-18-15(14(20-4)10-17-18)16(19)13-8-11(2)7-12(3)9-13/h7-10,16,19H,5-6H2,1-4H3. The van der Waals surface area contributed by atoms with Gasteiger partial charge in [0.15, 0.2) is 5.75 Å². The molecular formula is C16H22N2O2. The molecule has 0 radical (unpaired) electrons. The lowest BCUT2D eigenvalue weighted by Gasteiger charge is -2.16. The van der Waals surface area contributed by atoms with Crippen LogP contribution in [-0.4, -0.2) is 22.0 Å². The summed E-state index contributed by atoms with van der Waals surface area (Å²) in [5.41, 5.74) is 3.87. The van der Waals surface area contributed by atoms with Crippen molar-refractivity contribution in [2.24, 2.45) is 0 Å². The molecule has 0 aliphatic heterocycles. The van der Waals surface area contributed by atoms with E-state index in [1.807, 2.05) is 30.7 Å². The van der Waals surface area contributed by atoms with Gasteiger partial charge in [0.05, 0.1) is 13.3 Å². The zero-order chi connectivity index (χ0) is 14.7. The maximum atomic E-state index is 10.7. The first-order chi connectivity index (χ1) is 9.56. The van der Waals surface area contributed by atoms with Gasteiger partial charge in [0, 0.05) is 6.54 Å². The van der Waals surface area contributed by atoms with Crippen LogP contribution < -0.4 is 4.74 Å². The average molecular weight is 274 g/mol. The fourth-order valence-corrected chi connectivity index (χ4v) is 2.53. The van der Waals surface area contributed by atoms with Gasteiger partial charge in [-0.1, -0.05) is 36.2 Å². The van der Waals surface area contributed by atoms with Gasteiger partial charge >= 0.3 is 0 Å². The molecule has 0 spiro atoms. The third kappa shape index (κ3) is 2.85. The summed E-state index contributed by atoms with van der Waals surface area (Å²) in [4.78, 5) is 0. The second kappa shape index (κ2) is 6.09. The zero-order valence-corrected chi connectivity index (χ0v) is 12.6. The molecule has 0 aliphatic carbocycles. The Balaban J connectivity index is 2.45. The molecule has 1 heterocycles. The van der Waals surface area contributed by atoms with Crippen LogP contribution in [0.2, 0.25) is 0 Å². The summed E-state index contributed by atoms with van der Waals surface area (Å²) < 4.78 is 7.15. The first kappa shape index (κ1) is 14.6. The van der Waals surface area contributed by atoms with Gasteiger partial charge in [0.1, 0.15) is 11.8 Å². The molecule has 1 aromatic heterocycles. The van der Waals surface area contributed by atoms with Crippen molar-refractivity contribution in [1.82, 2.24) is 9.78 Å². The number of hydrogen-bond acceptors (Lipinski definition) is 3. The molecule has 1 N–H and O–H groups in total. The van der Waals surface area contributed by atoms with Crippen LogP contribution in [0.15, 0.2) is 24.4 Å². The largest absolute Gasteiger partial charge is 0.493 e. The highest BCUT2D eigenvalue weighted by Crippen LogP contribution is 2.31. The van der Waals surface area contributed by atoms with Gasteiger partial charge in [-0.05, 0) is 25.8 Å². The number of methoxy groups -OCH3 is 1. The molecule has 0 aliphatic rings.